The van der Waals surface area contributed by atoms with Gasteiger partial charge in [-0.2, -0.15) is 135 Å². The Hall–Kier alpha value is 12.7. The molecule has 0 saturated carbocycles. The summed E-state index contributed by atoms with van der Waals surface area (Å²) >= 11 is 0. The molecule has 754 valence electrons. The van der Waals surface area contributed by atoms with Gasteiger partial charge in [0.1, 0.15) is 36.6 Å². The van der Waals surface area contributed by atoms with E-state index in [1.807, 2.05) is 0 Å². The molecule has 16 radical (unpaired) electrons. The summed E-state index contributed by atoms with van der Waals surface area (Å²) in [7, 11) is -115. The van der Waals surface area contributed by atoms with Crippen molar-refractivity contribution in [2.24, 2.45) is 0 Å². The number of rotatable bonds is 53. The van der Waals surface area contributed by atoms with Crippen molar-refractivity contribution >= 4 is 649 Å². The quantitative estimate of drug-likeness (QED) is 0.0153. The van der Waals surface area contributed by atoms with Crippen LogP contribution >= 0.6 is 0 Å². The summed E-state index contributed by atoms with van der Waals surface area (Å²) in [4.78, 5) is -11.9. The standard InChI is InChI=1S/C36H68N2O70S16.16Na/c39-27(35(47,115(67,68)69)33(45,113(61,62)63)25(31(43,111(55,56)57)29(41)109(49,50)51)101-23-21(107-123(91,92)93)19(105-121(85,86)87)17(103-119(79,80)81)15(99-23)13-97-117(73,74)75)37-11-9-7-5-3-1-2-4-6-8-10-12-38-28(40)36(48,116(70,71)72)34(46,114(64,65)66)26(32(44,112(58,59)60)30(42)110(52,53)54)102-24-22(108-124(94,95)96)20(106-122(88,89)90)18(104-120(82,83)84)16(100-24)14-98-118(76,77)78;;;;;;;;;;;;;;;;/h15-26,29-30,41-48H,1-14H2,(H,37,39)(H,38,40)(H,49,50,51)(H,52,53,54)(H,55,56,57)(H,58,59,60)(H,61,62,63)(H,64,65,66)(H,67,68,69)(H,70,71,72)(H,73,74,75)(H,76,77,78)(H,79,80,81)(H,82,83,84)(H,85,86,87)(H,88,89,90)(H,91,92,93)(H,94,95,96);;;;;;;;;;;;;;;;/t15-,16-,17-,18-,19+,20+,21-,22-,23-,24-,25-,26-,29?,30?,31-,32-,33-,34-,35-,36-;;;;;;;;;;;;;;;;/m1................/s1. The van der Waals surface area contributed by atoms with Gasteiger partial charge in [-0.25, -0.2) is 33.5 Å². The topological polar surface area (TPSA) is 1200 Å². The average molecular weight is 2530 g/mol. The molecule has 2 unspecified atom stereocenters. The third-order valence-corrected chi connectivity index (χ3v) is 29.4. The molecule has 20 atom stereocenters. The Kier molecular flexibility index (Phi) is 93.6. The van der Waals surface area contributed by atoms with Gasteiger partial charge in [-0.05, 0) is 12.8 Å². The van der Waals surface area contributed by atoms with Gasteiger partial charge in [0.25, 0.3) is 51.8 Å². The minimum Gasteiger partial charge on any atom is -0.372 e. The van der Waals surface area contributed by atoms with E-state index in [0.717, 1.165) is 10.6 Å². The molecule has 0 aromatic carbocycles. The van der Waals surface area contributed by atoms with E-state index in [0.29, 0.717) is 0 Å². The van der Waals surface area contributed by atoms with Gasteiger partial charge >= 0.3 is 154 Å². The van der Waals surface area contributed by atoms with Crippen molar-refractivity contribution in [1.29, 1.82) is 0 Å². The van der Waals surface area contributed by atoms with Gasteiger partial charge in [0.05, 0.1) is 13.2 Å². The summed E-state index contributed by atoms with van der Waals surface area (Å²) in [6.45, 7) is -7.65. The third-order valence-electron chi connectivity index (χ3n) is 15.7. The van der Waals surface area contributed by atoms with Crippen LogP contribution in [-0.4, -0.2) is 874 Å². The first-order valence-corrected chi connectivity index (χ1v) is 52.9. The van der Waals surface area contributed by atoms with Crippen molar-refractivity contribution in [3.05, 3.63) is 0 Å². The van der Waals surface area contributed by atoms with E-state index < -0.39 is 342 Å². The first-order chi connectivity index (χ1) is 54.5. The first kappa shape index (κ1) is 185. The number of aliphatic hydroxyl groups is 8. The molecular formula is C36H68N2Na16O70S16. The van der Waals surface area contributed by atoms with E-state index in [1.54, 1.807) is 0 Å². The Labute approximate surface area is 1150 Å². The van der Waals surface area contributed by atoms with Crippen LogP contribution in [0.4, 0.5) is 0 Å². The summed E-state index contributed by atoms with van der Waals surface area (Å²) in [6, 6.07) is 0. The van der Waals surface area contributed by atoms with Crippen LogP contribution in [0.1, 0.15) is 64.2 Å². The molecule has 2 saturated heterocycles. The van der Waals surface area contributed by atoms with E-state index in [9.17, 15) is 258 Å². The molecule has 0 aliphatic carbocycles. The van der Waals surface area contributed by atoms with Crippen LogP contribution in [0.5, 0.6) is 0 Å². The second-order valence-electron chi connectivity index (χ2n) is 24.3. The predicted molar refractivity (Wildman–Crippen MR) is 459 cm³/mol. The zero-order chi connectivity index (χ0) is 98.0. The van der Waals surface area contributed by atoms with Crippen LogP contribution in [0.2, 0.25) is 0 Å². The minimum atomic E-state index is -8.19. The van der Waals surface area contributed by atoms with E-state index in [1.165, 1.54) is 0 Å². The van der Waals surface area contributed by atoms with Gasteiger partial charge in [-0.3, -0.25) is 82.4 Å². The summed E-state index contributed by atoms with van der Waals surface area (Å²) in [5, 5.41) is 93.7. The Balaban J connectivity index is -0.000000751. The van der Waals surface area contributed by atoms with Crippen molar-refractivity contribution < 1.29 is 310 Å². The Bertz CT molecular complexity index is 5550. The molecular weight excluding hydrogens is 2460 g/mol. The number of ether oxygens (including phenoxy) is 4. The van der Waals surface area contributed by atoms with Crippen LogP contribution in [0.15, 0.2) is 0 Å². The van der Waals surface area contributed by atoms with Crippen LogP contribution < -0.4 is 10.6 Å². The van der Waals surface area contributed by atoms with Crippen LogP contribution in [0.3, 0.4) is 0 Å². The number of hydrogen-bond acceptors (Lipinski definition) is 54. The molecule has 104 heteroatoms. The fourth-order valence-electron chi connectivity index (χ4n) is 10.7. The molecule has 72 nitrogen and oxygen atoms in total. The maximum Gasteiger partial charge on any atom is 0.397 e. The molecule has 140 heavy (non-hydrogen) atoms. The van der Waals surface area contributed by atoms with Gasteiger partial charge in [-0.15, -0.1) is 0 Å². The Morgan fingerprint density at radius 3 is 0.614 bits per heavy atom. The van der Waals surface area contributed by atoms with Crippen molar-refractivity contribution in [2.75, 3.05) is 26.3 Å². The van der Waals surface area contributed by atoms with Gasteiger partial charge in [-0.1, -0.05) is 51.4 Å². The van der Waals surface area contributed by atoms with Crippen molar-refractivity contribution in [3.63, 3.8) is 0 Å². The fraction of sp³-hybridized carbons (Fsp3) is 0.944. The van der Waals surface area contributed by atoms with Crippen molar-refractivity contribution in [2.45, 2.75) is 178 Å². The second kappa shape index (κ2) is 70.7. The normalized spacial score (nSPS) is 22.6. The van der Waals surface area contributed by atoms with E-state index in [-0.39, 0.29) is 511 Å². The molecule has 0 bridgehead atoms. The number of nitrogens with one attached hydrogen (secondary N) is 2. The molecule has 0 aromatic heterocycles. The third kappa shape index (κ3) is 53.3. The molecule has 26 N–H and O–H groups in total. The molecule has 0 spiro atoms. The number of carbonyl (C=O) groups excluding carboxylic acids is 2. The molecule has 2 aliphatic heterocycles. The van der Waals surface area contributed by atoms with Crippen LogP contribution in [0.25, 0.3) is 0 Å². The summed E-state index contributed by atoms with van der Waals surface area (Å²) in [6.07, 6.45) is -54.4. The number of unbranched alkanes of at least 4 members (excludes halogenated alkanes) is 9. The summed E-state index contributed by atoms with van der Waals surface area (Å²) < 4.78 is 607. The van der Waals surface area contributed by atoms with E-state index in [2.05, 4.69) is 52.4 Å². The Morgan fingerprint density at radius 2 is 0.450 bits per heavy atom. The van der Waals surface area contributed by atoms with E-state index >= 15 is 0 Å². The molecule has 2 fully saturated rings. The maximum absolute atomic E-state index is 13.9. The zero-order valence-corrected chi connectivity index (χ0v) is 120. The molecule has 0 aromatic rings. The number of carbonyl (C=O) groups is 2. The van der Waals surface area contributed by atoms with Crippen molar-refractivity contribution in [3.8, 4) is 0 Å². The van der Waals surface area contributed by atoms with Gasteiger partial charge < -0.3 is 70.4 Å². The minimum absolute atomic E-state index is 0. The molecule has 2 rings (SSSR count). The fourth-order valence-corrected chi connectivity index (χ4v) is 23.2. The van der Waals surface area contributed by atoms with Crippen LogP contribution in [0, 0.1) is 0 Å². The smallest absolute Gasteiger partial charge is 0.372 e. The monoisotopic (exact) mass is 2530 g/mol. The van der Waals surface area contributed by atoms with E-state index in [4.69, 9.17) is 0 Å². The molecule has 2 aliphatic rings. The zero-order valence-electron chi connectivity index (χ0n) is 75.0. The molecule has 2 heterocycles. The largest absolute Gasteiger partial charge is 0.397 e. The number of hydrogen-bond donors (Lipinski definition) is 26. The summed E-state index contributed by atoms with van der Waals surface area (Å²) in [5.74, 6) is -6.81. The first-order valence-electron chi connectivity index (χ1n) is 30.3. The number of aliphatic hydroxyl groups excluding tert-OH is 2. The van der Waals surface area contributed by atoms with Crippen molar-refractivity contribution in [1.82, 2.24) is 10.6 Å². The second-order valence-corrected chi connectivity index (χ2v) is 45.1. The SMILES string of the molecule is O=C(NCCCCCCCCCCCCNC(=O)[C@](O)([C@@](O)([C@H](O[C@H]1O[C@H](COS(=O)(=O)O)[C@@H](OS(=O)(=O)O)[C@H](OS(=O)(=O)O)[C@H]1OS(=O)(=O)O)[C@](O)(C(O)S(=O)(=O)O)S(=O)(=O)O)S(=O)(=O)O)S(=O)(=O)O)[C@](O)([C@@](O)([C@H](O[C@H]1O[C@H](COS(=O)(=O)O)[C@@H](OS(=O)(=O)O)[C@H](OS(=O)(=O)O)[C@H]1OS(=O)(=O)O)[C@](O)(C(O)S(=O)(=O)O)S(=O)(=O)O)S(=O)(=O)O)S(=O)(=O)O.[Na].[Na].[Na].[Na].[Na].[Na].[Na].[Na].[Na].[Na].[Na].[Na].[Na].[Na].[Na].[Na]. The van der Waals surface area contributed by atoms with Gasteiger partial charge in [0, 0.05) is 486 Å². The summed E-state index contributed by atoms with van der Waals surface area (Å²) in [5.41, 5.74) is -10.6. The number of amides is 2. The van der Waals surface area contributed by atoms with Gasteiger partial charge in [0.15, 0.2) is 37.0 Å². The molecule has 2 amide bonds. The maximum atomic E-state index is 13.9. The Morgan fingerprint density at radius 1 is 0.264 bits per heavy atom. The van der Waals surface area contributed by atoms with Crippen LogP contribution in [-0.2, 0) is 226 Å². The average Bonchev–Trinajstić information content (AvgIpc) is 0.688. The van der Waals surface area contributed by atoms with Gasteiger partial charge in [0.2, 0.25) is 10.9 Å². The predicted octanol–water partition coefficient (Wildman–Crippen LogP) is -22.1.